The van der Waals surface area contributed by atoms with Crippen LogP contribution in [0.3, 0.4) is 0 Å². The number of aromatic nitrogens is 1. The first-order valence-corrected chi connectivity index (χ1v) is 5.85. The topological polar surface area (TPSA) is 45.2 Å². The molecule has 4 nitrogen and oxygen atoms in total. The van der Waals surface area contributed by atoms with Crippen molar-refractivity contribution < 1.29 is 9.18 Å². The zero-order valence-electron chi connectivity index (χ0n) is 9.82. The van der Waals surface area contributed by atoms with Crippen LogP contribution in [0, 0.1) is 5.82 Å². The summed E-state index contributed by atoms with van der Waals surface area (Å²) in [7, 11) is 0. The SMILES string of the molecule is CCCN(C(=O)c1ccncc1F)C1CNC1. The van der Waals surface area contributed by atoms with Crippen molar-refractivity contribution in [2.75, 3.05) is 19.6 Å². The maximum atomic E-state index is 13.5. The number of amides is 1. The molecule has 92 valence electrons. The van der Waals surface area contributed by atoms with E-state index in [0.29, 0.717) is 6.54 Å². The third-order valence-electron chi connectivity index (χ3n) is 2.93. The summed E-state index contributed by atoms with van der Waals surface area (Å²) in [6.07, 6.45) is 3.39. The predicted octanol–water partition coefficient (Wildman–Crippen LogP) is 1.04. The maximum Gasteiger partial charge on any atom is 0.257 e. The van der Waals surface area contributed by atoms with Gasteiger partial charge >= 0.3 is 0 Å². The lowest BCUT2D eigenvalue weighted by Gasteiger charge is -2.38. The first-order valence-electron chi connectivity index (χ1n) is 5.85. The van der Waals surface area contributed by atoms with E-state index >= 15 is 0 Å². The number of pyridine rings is 1. The maximum absolute atomic E-state index is 13.5. The molecule has 0 unspecified atom stereocenters. The summed E-state index contributed by atoms with van der Waals surface area (Å²) in [4.78, 5) is 17.6. The van der Waals surface area contributed by atoms with Gasteiger partial charge in [0.1, 0.15) is 0 Å². The number of nitrogens with one attached hydrogen (secondary N) is 1. The number of carbonyl (C=O) groups excluding carboxylic acids is 1. The zero-order valence-corrected chi connectivity index (χ0v) is 9.82. The average molecular weight is 237 g/mol. The van der Waals surface area contributed by atoms with Gasteiger partial charge in [-0.25, -0.2) is 4.39 Å². The van der Waals surface area contributed by atoms with Gasteiger partial charge in [0, 0.05) is 25.8 Å². The van der Waals surface area contributed by atoms with E-state index < -0.39 is 5.82 Å². The van der Waals surface area contributed by atoms with Crippen LogP contribution in [0.15, 0.2) is 18.5 Å². The lowest BCUT2D eigenvalue weighted by Crippen LogP contribution is -2.59. The zero-order chi connectivity index (χ0) is 12.3. The fourth-order valence-electron chi connectivity index (χ4n) is 1.89. The van der Waals surface area contributed by atoms with Crippen molar-refractivity contribution in [3.8, 4) is 0 Å². The summed E-state index contributed by atoms with van der Waals surface area (Å²) in [5.41, 5.74) is 0.111. The van der Waals surface area contributed by atoms with Crippen molar-refractivity contribution in [2.45, 2.75) is 19.4 Å². The van der Waals surface area contributed by atoms with Crippen molar-refractivity contribution in [1.82, 2.24) is 15.2 Å². The number of hydrogen-bond donors (Lipinski definition) is 1. The highest BCUT2D eigenvalue weighted by Gasteiger charge is 2.29. The third kappa shape index (κ3) is 2.44. The molecule has 1 aliphatic rings. The van der Waals surface area contributed by atoms with Crippen molar-refractivity contribution in [2.24, 2.45) is 0 Å². The molecule has 1 amide bonds. The Labute approximate surface area is 99.8 Å². The molecule has 0 aromatic carbocycles. The Kier molecular flexibility index (Phi) is 3.68. The van der Waals surface area contributed by atoms with Crippen LogP contribution in [-0.4, -0.2) is 41.5 Å². The van der Waals surface area contributed by atoms with Gasteiger partial charge in [0.25, 0.3) is 5.91 Å². The summed E-state index contributed by atoms with van der Waals surface area (Å²) in [6, 6.07) is 1.63. The van der Waals surface area contributed by atoms with Gasteiger partial charge in [-0.2, -0.15) is 0 Å². The average Bonchev–Trinajstić information content (AvgIpc) is 2.26. The Morgan fingerprint density at radius 3 is 2.94 bits per heavy atom. The van der Waals surface area contributed by atoms with E-state index in [9.17, 15) is 9.18 Å². The molecule has 0 bridgehead atoms. The van der Waals surface area contributed by atoms with Crippen molar-refractivity contribution in [3.05, 3.63) is 29.8 Å². The fraction of sp³-hybridized carbons (Fsp3) is 0.500. The molecule has 1 aromatic rings. The molecule has 1 aliphatic heterocycles. The summed E-state index contributed by atoms with van der Waals surface area (Å²) in [6.45, 7) is 4.25. The number of rotatable bonds is 4. The Bertz CT molecular complexity index is 406. The van der Waals surface area contributed by atoms with Crippen LogP contribution in [0.25, 0.3) is 0 Å². The first kappa shape index (κ1) is 12.0. The van der Waals surface area contributed by atoms with Crippen LogP contribution in [-0.2, 0) is 0 Å². The first-order chi connectivity index (χ1) is 8.24. The van der Waals surface area contributed by atoms with E-state index in [4.69, 9.17) is 0 Å². The summed E-state index contributed by atoms with van der Waals surface area (Å²) >= 11 is 0. The molecule has 0 saturated carbocycles. The standard InChI is InChI=1S/C12H16FN3O/c1-2-5-16(9-6-15-7-9)12(17)10-3-4-14-8-11(10)13/h3-4,8-9,15H,2,5-7H2,1H3. The number of carbonyl (C=O) groups is 1. The quantitative estimate of drug-likeness (QED) is 0.851. The second kappa shape index (κ2) is 5.23. The van der Waals surface area contributed by atoms with Crippen LogP contribution in [0.2, 0.25) is 0 Å². The van der Waals surface area contributed by atoms with E-state index in [2.05, 4.69) is 10.3 Å². The van der Waals surface area contributed by atoms with Gasteiger partial charge in [-0.05, 0) is 12.5 Å². The summed E-state index contributed by atoms with van der Waals surface area (Å²) in [5, 5.41) is 3.12. The van der Waals surface area contributed by atoms with E-state index in [1.54, 1.807) is 4.90 Å². The molecule has 5 heteroatoms. The van der Waals surface area contributed by atoms with Crippen LogP contribution in [0.5, 0.6) is 0 Å². The molecule has 0 radical (unpaired) electrons. The lowest BCUT2D eigenvalue weighted by atomic mass is 10.1. The number of nitrogens with zero attached hydrogens (tertiary/aromatic N) is 2. The Morgan fingerprint density at radius 2 is 2.41 bits per heavy atom. The molecule has 0 atom stereocenters. The predicted molar refractivity (Wildman–Crippen MR) is 62.2 cm³/mol. The molecular formula is C12H16FN3O. The van der Waals surface area contributed by atoms with Gasteiger partial charge in [-0.15, -0.1) is 0 Å². The van der Waals surface area contributed by atoms with Gasteiger partial charge in [-0.1, -0.05) is 6.92 Å². The van der Waals surface area contributed by atoms with Crippen LogP contribution in [0.4, 0.5) is 4.39 Å². The number of hydrogen-bond acceptors (Lipinski definition) is 3. The minimum Gasteiger partial charge on any atom is -0.333 e. The monoisotopic (exact) mass is 237 g/mol. The van der Waals surface area contributed by atoms with Crippen LogP contribution < -0.4 is 5.32 Å². The molecule has 2 rings (SSSR count). The highest BCUT2D eigenvalue weighted by molar-refractivity contribution is 5.94. The van der Waals surface area contributed by atoms with Gasteiger partial charge in [0.05, 0.1) is 17.8 Å². The largest absolute Gasteiger partial charge is 0.333 e. The minimum absolute atomic E-state index is 0.111. The normalized spacial score (nSPS) is 15.4. The Balaban J connectivity index is 2.18. The molecule has 0 spiro atoms. The lowest BCUT2D eigenvalue weighted by molar-refractivity contribution is 0.0611. The van der Waals surface area contributed by atoms with Crippen LogP contribution >= 0.6 is 0 Å². The Hall–Kier alpha value is -1.49. The van der Waals surface area contributed by atoms with Crippen LogP contribution in [0.1, 0.15) is 23.7 Å². The van der Waals surface area contributed by atoms with Gasteiger partial charge < -0.3 is 10.2 Å². The highest BCUT2D eigenvalue weighted by atomic mass is 19.1. The molecule has 1 N–H and O–H groups in total. The van der Waals surface area contributed by atoms with E-state index in [0.717, 1.165) is 25.7 Å². The smallest absolute Gasteiger partial charge is 0.257 e. The summed E-state index contributed by atoms with van der Waals surface area (Å²) in [5.74, 6) is -0.788. The van der Waals surface area contributed by atoms with Gasteiger partial charge in [0.15, 0.2) is 5.82 Å². The molecular weight excluding hydrogens is 221 g/mol. The minimum atomic E-state index is -0.550. The highest BCUT2D eigenvalue weighted by Crippen LogP contribution is 2.14. The molecule has 1 aromatic heterocycles. The number of halogens is 1. The van der Waals surface area contributed by atoms with E-state index in [1.165, 1.54) is 12.3 Å². The van der Waals surface area contributed by atoms with Crippen molar-refractivity contribution >= 4 is 5.91 Å². The van der Waals surface area contributed by atoms with E-state index in [-0.39, 0.29) is 17.5 Å². The van der Waals surface area contributed by atoms with Crippen molar-refractivity contribution in [1.29, 1.82) is 0 Å². The molecule has 1 fully saturated rings. The molecule has 0 aliphatic carbocycles. The summed E-state index contributed by atoms with van der Waals surface area (Å²) < 4.78 is 13.5. The second-order valence-electron chi connectivity index (χ2n) is 4.17. The van der Waals surface area contributed by atoms with Crippen molar-refractivity contribution in [3.63, 3.8) is 0 Å². The fourth-order valence-corrected chi connectivity index (χ4v) is 1.89. The third-order valence-corrected chi connectivity index (χ3v) is 2.93. The molecule has 1 saturated heterocycles. The molecule has 2 heterocycles. The molecule has 17 heavy (non-hydrogen) atoms. The second-order valence-corrected chi connectivity index (χ2v) is 4.17. The van der Waals surface area contributed by atoms with Gasteiger partial charge in [0.2, 0.25) is 0 Å². The van der Waals surface area contributed by atoms with Gasteiger partial charge in [-0.3, -0.25) is 9.78 Å². The van der Waals surface area contributed by atoms with E-state index in [1.807, 2.05) is 6.92 Å². The Morgan fingerprint density at radius 1 is 1.65 bits per heavy atom.